The summed E-state index contributed by atoms with van der Waals surface area (Å²) in [5.74, 6) is 0.707. The maximum Gasteiger partial charge on any atom is 0.241 e. The molecule has 0 spiro atoms. The summed E-state index contributed by atoms with van der Waals surface area (Å²) in [6.07, 6.45) is 0.692. The molecule has 0 unspecified atom stereocenters. The van der Waals surface area contributed by atoms with Gasteiger partial charge in [-0.2, -0.15) is 0 Å². The lowest BCUT2D eigenvalue weighted by molar-refractivity contribution is 0.301. The first-order valence-electron chi connectivity index (χ1n) is 6.16. The molecule has 0 aliphatic rings. The number of hydrogen-bond acceptors (Lipinski definition) is 4. The molecule has 0 aromatic heterocycles. The maximum absolute atomic E-state index is 12.2. The van der Waals surface area contributed by atoms with E-state index >= 15 is 0 Å². The SMILES string of the molecule is CCc1c(OC)cc(C)c(S(=O)(=O)NCCO)c1C. The Bertz CT molecular complexity index is 552. The molecule has 19 heavy (non-hydrogen) atoms. The van der Waals surface area contributed by atoms with Gasteiger partial charge in [-0.05, 0) is 43.0 Å². The molecular weight excluding hydrogens is 266 g/mol. The minimum atomic E-state index is -3.61. The Morgan fingerprint density at radius 2 is 2.00 bits per heavy atom. The van der Waals surface area contributed by atoms with Gasteiger partial charge in [0, 0.05) is 6.54 Å². The van der Waals surface area contributed by atoms with Crippen molar-refractivity contribution in [1.29, 1.82) is 0 Å². The molecule has 6 heteroatoms. The number of aliphatic hydroxyl groups is 1. The van der Waals surface area contributed by atoms with Crippen LogP contribution in [0.4, 0.5) is 0 Å². The Morgan fingerprint density at radius 1 is 1.37 bits per heavy atom. The number of hydrogen-bond donors (Lipinski definition) is 2. The summed E-state index contributed by atoms with van der Waals surface area (Å²) in [6, 6.07) is 1.74. The fourth-order valence-electron chi connectivity index (χ4n) is 2.25. The summed E-state index contributed by atoms with van der Waals surface area (Å²) in [5.41, 5.74) is 2.22. The molecule has 1 aromatic carbocycles. The van der Waals surface area contributed by atoms with Crippen LogP contribution in [0.3, 0.4) is 0 Å². The molecule has 0 saturated carbocycles. The molecule has 0 bridgehead atoms. The second-order valence-corrected chi connectivity index (χ2v) is 6.01. The van der Waals surface area contributed by atoms with E-state index < -0.39 is 10.0 Å². The van der Waals surface area contributed by atoms with E-state index in [0.717, 1.165) is 5.56 Å². The first-order valence-corrected chi connectivity index (χ1v) is 7.64. The van der Waals surface area contributed by atoms with Crippen LogP contribution in [0.1, 0.15) is 23.6 Å². The smallest absolute Gasteiger partial charge is 0.241 e. The Hall–Kier alpha value is -1.11. The van der Waals surface area contributed by atoms with Crippen molar-refractivity contribution < 1.29 is 18.3 Å². The van der Waals surface area contributed by atoms with Crippen molar-refractivity contribution in [2.45, 2.75) is 32.1 Å². The van der Waals surface area contributed by atoms with Gasteiger partial charge in [0.15, 0.2) is 0 Å². The highest BCUT2D eigenvalue weighted by Gasteiger charge is 2.22. The van der Waals surface area contributed by atoms with Crippen LogP contribution in [0.15, 0.2) is 11.0 Å². The molecule has 5 nitrogen and oxygen atoms in total. The van der Waals surface area contributed by atoms with E-state index in [0.29, 0.717) is 23.3 Å². The third-order valence-electron chi connectivity index (χ3n) is 3.04. The molecule has 1 aromatic rings. The van der Waals surface area contributed by atoms with E-state index in [2.05, 4.69) is 4.72 Å². The molecule has 0 saturated heterocycles. The molecule has 0 aliphatic heterocycles. The molecule has 0 amide bonds. The largest absolute Gasteiger partial charge is 0.496 e. The number of benzene rings is 1. The zero-order chi connectivity index (χ0) is 14.6. The van der Waals surface area contributed by atoms with Gasteiger partial charge in [-0.1, -0.05) is 6.92 Å². The molecule has 0 heterocycles. The number of aliphatic hydroxyl groups excluding tert-OH is 1. The van der Waals surface area contributed by atoms with Gasteiger partial charge in [0.1, 0.15) is 5.75 Å². The van der Waals surface area contributed by atoms with Gasteiger partial charge >= 0.3 is 0 Å². The van der Waals surface area contributed by atoms with Gasteiger partial charge in [-0.25, -0.2) is 13.1 Å². The van der Waals surface area contributed by atoms with Crippen LogP contribution in [0.25, 0.3) is 0 Å². The van der Waals surface area contributed by atoms with Gasteiger partial charge in [-0.15, -0.1) is 0 Å². The van der Waals surface area contributed by atoms with Crippen molar-refractivity contribution in [3.63, 3.8) is 0 Å². The second kappa shape index (κ2) is 6.36. The summed E-state index contributed by atoms with van der Waals surface area (Å²) < 4.78 is 32.1. The molecule has 0 aliphatic carbocycles. The first-order chi connectivity index (χ1) is 8.88. The highest BCUT2D eigenvalue weighted by Crippen LogP contribution is 2.31. The third-order valence-corrected chi connectivity index (χ3v) is 4.79. The van der Waals surface area contributed by atoms with Crippen molar-refractivity contribution in [2.75, 3.05) is 20.3 Å². The van der Waals surface area contributed by atoms with Crippen LogP contribution in [0, 0.1) is 13.8 Å². The van der Waals surface area contributed by atoms with E-state index in [4.69, 9.17) is 9.84 Å². The summed E-state index contributed by atoms with van der Waals surface area (Å²) >= 11 is 0. The van der Waals surface area contributed by atoms with E-state index in [1.54, 1.807) is 27.0 Å². The van der Waals surface area contributed by atoms with Crippen molar-refractivity contribution in [3.05, 3.63) is 22.8 Å². The number of nitrogens with one attached hydrogen (secondary N) is 1. The van der Waals surface area contributed by atoms with Crippen LogP contribution >= 0.6 is 0 Å². The lowest BCUT2D eigenvalue weighted by atomic mass is 10.0. The lowest BCUT2D eigenvalue weighted by Gasteiger charge is -2.17. The van der Waals surface area contributed by atoms with E-state index in [1.165, 1.54) is 0 Å². The maximum atomic E-state index is 12.2. The molecule has 0 atom stereocenters. The minimum absolute atomic E-state index is 0.00863. The summed E-state index contributed by atoms with van der Waals surface area (Å²) in [6.45, 7) is 5.25. The Balaban J connectivity index is 3.44. The van der Waals surface area contributed by atoms with E-state index in [1.807, 2.05) is 6.92 Å². The number of rotatable bonds is 6. The van der Waals surface area contributed by atoms with Crippen LogP contribution in [-0.2, 0) is 16.4 Å². The fourth-order valence-corrected chi connectivity index (χ4v) is 3.77. The number of sulfonamides is 1. The highest BCUT2D eigenvalue weighted by atomic mass is 32.2. The summed E-state index contributed by atoms with van der Waals surface area (Å²) in [4.78, 5) is 0.276. The molecule has 2 N–H and O–H groups in total. The summed E-state index contributed by atoms with van der Waals surface area (Å²) in [5, 5.41) is 8.75. The van der Waals surface area contributed by atoms with Gasteiger partial charge in [-0.3, -0.25) is 0 Å². The van der Waals surface area contributed by atoms with Gasteiger partial charge in [0.05, 0.1) is 18.6 Å². The van der Waals surface area contributed by atoms with Crippen LogP contribution in [-0.4, -0.2) is 33.8 Å². The quantitative estimate of drug-likeness (QED) is 0.823. The lowest BCUT2D eigenvalue weighted by Crippen LogP contribution is -2.28. The van der Waals surface area contributed by atoms with Crippen molar-refractivity contribution in [1.82, 2.24) is 4.72 Å². The fraction of sp³-hybridized carbons (Fsp3) is 0.538. The van der Waals surface area contributed by atoms with Crippen LogP contribution in [0.5, 0.6) is 5.75 Å². The highest BCUT2D eigenvalue weighted by molar-refractivity contribution is 7.89. The minimum Gasteiger partial charge on any atom is -0.496 e. The van der Waals surface area contributed by atoms with E-state index in [9.17, 15) is 8.42 Å². The Labute approximate surface area is 114 Å². The zero-order valence-electron chi connectivity index (χ0n) is 11.8. The number of aryl methyl sites for hydroxylation is 1. The normalized spacial score (nSPS) is 11.6. The molecule has 0 fully saturated rings. The topological polar surface area (TPSA) is 75.6 Å². The van der Waals surface area contributed by atoms with Crippen molar-refractivity contribution in [3.8, 4) is 5.75 Å². The average molecular weight is 287 g/mol. The van der Waals surface area contributed by atoms with Crippen LogP contribution in [0.2, 0.25) is 0 Å². The predicted octanol–water partition coefficient (Wildman–Crippen LogP) is 1.15. The van der Waals surface area contributed by atoms with Gasteiger partial charge in [0.25, 0.3) is 0 Å². The molecule has 1 rings (SSSR count). The van der Waals surface area contributed by atoms with Crippen LogP contribution < -0.4 is 9.46 Å². The third kappa shape index (κ3) is 3.26. The monoisotopic (exact) mass is 287 g/mol. The first kappa shape index (κ1) is 15.9. The number of ether oxygens (including phenoxy) is 1. The zero-order valence-corrected chi connectivity index (χ0v) is 12.6. The van der Waals surface area contributed by atoms with E-state index in [-0.39, 0.29) is 18.0 Å². The average Bonchev–Trinajstić information content (AvgIpc) is 2.35. The van der Waals surface area contributed by atoms with Gasteiger partial charge in [0.2, 0.25) is 10.0 Å². The molecule has 108 valence electrons. The second-order valence-electron chi connectivity index (χ2n) is 4.30. The predicted molar refractivity (Wildman–Crippen MR) is 74.1 cm³/mol. The Morgan fingerprint density at radius 3 is 2.47 bits per heavy atom. The Kier molecular flexibility index (Phi) is 5.34. The molecule has 0 radical (unpaired) electrons. The summed E-state index contributed by atoms with van der Waals surface area (Å²) in [7, 11) is -2.03. The van der Waals surface area contributed by atoms with Gasteiger partial charge < -0.3 is 9.84 Å². The van der Waals surface area contributed by atoms with Crippen molar-refractivity contribution >= 4 is 10.0 Å². The molecular formula is C13H21NO4S. The number of methoxy groups -OCH3 is 1. The van der Waals surface area contributed by atoms with Crippen molar-refractivity contribution in [2.24, 2.45) is 0 Å². The standard InChI is InChI=1S/C13H21NO4S/c1-5-11-10(3)13(9(2)8-12(11)18-4)19(16,17)14-6-7-15/h8,14-15H,5-7H2,1-4H3.